The molecular formula is C62H80F8N8O20S3. The standard InChI is InChI=1S/C17H20F2N2O5S.C13H13F2NO4.C13H13NO4.C9H14F2N2O3S.C5H7F2NO2.C4H9NO2S.CH4/c1-15(10-27(24,25)11-15)20-13(22)16(8-17(18,19)9-16)21-14(23)26-7-12-5-3-2-4-6-12;14-13(15)7-12(8-13,10(17)18)16-11(19)20-6-9-4-2-1-3-5-9;15-11-6-7-12(16)14(11)8-13(17)18-9-10-4-2-1-3-5-10;1-7(4-17(15,16)5-7)13-6(14)8(12)2-9(10,11)3-8;6-5(7)1-4(8,2-5)3(9)10;1-4(5)2-8(6,7)3-4;/h2-6H,7-11H2,1H3,(H,20,22)(H,21,23);1-5H,6-8H2,(H,16,19)(H,17,18);1-5H,6-9H2;2-5,12H2,1H3,(H,13,14);1-2,8H2,(H,9,10);2-3,5H2,1H3;1H4. The first-order valence-corrected chi connectivity index (χ1v) is 35.7. The predicted octanol–water partition coefficient (Wildman–Crippen LogP) is 3.81. The van der Waals surface area contributed by atoms with Crippen LogP contribution in [0.3, 0.4) is 0 Å². The minimum Gasteiger partial charge on any atom is -0.480 e. The molecular weight excluding hydrogens is 1420 g/mol. The van der Waals surface area contributed by atoms with Crippen molar-refractivity contribution in [3.8, 4) is 0 Å². The Labute approximate surface area is 575 Å². The van der Waals surface area contributed by atoms with Gasteiger partial charge in [0.25, 0.3) is 23.7 Å². The van der Waals surface area contributed by atoms with Crippen LogP contribution in [0.25, 0.3) is 0 Å². The number of benzene rings is 3. The van der Waals surface area contributed by atoms with Crippen molar-refractivity contribution in [3.05, 3.63) is 108 Å². The average Bonchev–Trinajstić information content (AvgIpc) is 1.43. The number of carboxylic acids is 2. The van der Waals surface area contributed by atoms with Gasteiger partial charge in [-0.3, -0.25) is 33.7 Å². The molecule has 4 saturated carbocycles. The molecule has 4 heterocycles. The van der Waals surface area contributed by atoms with E-state index in [4.69, 9.17) is 41.6 Å². The Balaban J connectivity index is 0.000000226. The molecule has 0 unspecified atom stereocenters. The number of amides is 6. The van der Waals surface area contributed by atoms with Gasteiger partial charge in [0.2, 0.25) is 23.6 Å². The van der Waals surface area contributed by atoms with E-state index in [0.717, 1.165) is 10.5 Å². The summed E-state index contributed by atoms with van der Waals surface area (Å²) in [4.78, 5) is 104. The third-order valence-corrected chi connectivity index (χ3v) is 22.6. The molecule has 562 valence electrons. The van der Waals surface area contributed by atoms with Crippen LogP contribution in [0.4, 0.5) is 44.7 Å². The van der Waals surface area contributed by atoms with Gasteiger partial charge in [-0.25, -0.2) is 74.8 Å². The van der Waals surface area contributed by atoms with E-state index in [0.29, 0.717) is 11.1 Å². The largest absolute Gasteiger partial charge is 0.480 e. The van der Waals surface area contributed by atoms with Crippen LogP contribution in [0, 0.1) is 0 Å². The molecule has 0 spiro atoms. The lowest BCUT2D eigenvalue weighted by Gasteiger charge is -2.48. The van der Waals surface area contributed by atoms with Gasteiger partial charge in [0.1, 0.15) is 43.0 Å². The Hall–Kier alpha value is -8.14. The summed E-state index contributed by atoms with van der Waals surface area (Å²) < 4.78 is 183. The zero-order valence-corrected chi connectivity index (χ0v) is 56.4. The Kier molecular flexibility index (Phi) is 25.5. The molecule has 3 aromatic rings. The molecule has 0 aromatic heterocycles. The van der Waals surface area contributed by atoms with Crippen LogP contribution in [0.2, 0.25) is 0 Å². The van der Waals surface area contributed by atoms with Gasteiger partial charge in [0.05, 0.1) is 45.6 Å². The van der Waals surface area contributed by atoms with Crippen molar-refractivity contribution in [1.29, 1.82) is 0 Å². The summed E-state index contributed by atoms with van der Waals surface area (Å²) in [5, 5.41) is 26.4. The quantitative estimate of drug-likeness (QED) is 0.0426. The third-order valence-electron chi connectivity index (χ3n) is 16.1. The van der Waals surface area contributed by atoms with E-state index in [-0.39, 0.29) is 93.0 Å². The monoisotopic (exact) mass is 1500 g/mol. The maximum Gasteiger partial charge on any atom is 0.408 e. The SMILES string of the molecule is C.CC1(N)CS(=O)(=O)C1.CC1(NC(=O)C2(N)CC(F)(F)C2)CS(=O)(=O)C1.CC1(NC(=O)C2(NC(=O)OCc3ccccc3)CC(F)(F)C2)CS(=O)(=O)C1.NC1(C(=O)O)CC(F)(F)C1.O=C(CN1C(=O)CCC1=O)OCc1ccccc1.O=C(NC1(C(=O)O)CC(F)(F)C1)OCc1ccccc1. The van der Waals surface area contributed by atoms with Gasteiger partial charge in [0, 0.05) is 69.7 Å². The number of halogens is 8. The summed E-state index contributed by atoms with van der Waals surface area (Å²) in [5.74, 6) is -18.0. The summed E-state index contributed by atoms with van der Waals surface area (Å²) in [6.45, 7) is 4.56. The van der Waals surface area contributed by atoms with E-state index in [1.54, 1.807) is 74.5 Å². The van der Waals surface area contributed by atoms with Crippen LogP contribution in [-0.4, -0.2) is 198 Å². The second-order valence-corrected chi connectivity index (χ2v) is 33.3. The fourth-order valence-electron chi connectivity index (χ4n) is 11.7. The second kappa shape index (κ2) is 30.8. The number of nitrogens with two attached hydrogens (primary N) is 3. The maximum absolute atomic E-state index is 13.5. The number of nitrogens with zero attached hydrogens (tertiary/aromatic N) is 1. The molecule has 11 rings (SSSR count). The Bertz CT molecular complexity index is 3850. The van der Waals surface area contributed by atoms with E-state index >= 15 is 0 Å². The molecule has 0 bridgehead atoms. The number of hydrogen-bond donors (Lipinski definition) is 9. The maximum atomic E-state index is 13.5. The first-order chi connectivity index (χ1) is 45.7. The van der Waals surface area contributed by atoms with E-state index in [1.807, 2.05) is 35.6 Å². The van der Waals surface area contributed by atoms with Gasteiger partial charge < -0.3 is 62.9 Å². The van der Waals surface area contributed by atoms with Crippen LogP contribution in [-0.2, 0) is 97.1 Å². The minimum atomic E-state index is -3.23. The van der Waals surface area contributed by atoms with Crippen LogP contribution in [0.15, 0.2) is 91.0 Å². The topological polar surface area (TPSA) is 454 Å². The number of rotatable bonds is 16. The van der Waals surface area contributed by atoms with E-state index in [2.05, 4.69) is 16.0 Å². The number of carbonyl (C=O) groups excluding carboxylic acids is 7. The van der Waals surface area contributed by atoms with Crippen molar-refractivity contribution < 1.29 is 128 Å². The lowest BCUT2D eigenvalue weighted by atomic mass is 9.72. The van der Waals surface area contributed by atoms with E-state index in [1.165, 1.54) is 6.92 Å². The number of imide groups is 1. The summed E-state index contributed by atoms with van der Waals surface area (Å²) in [5.41, 5.74) is 8.96. The first-order valence-electron chi connectivity index (χ1n) is 30.3. The van der Waals surface area contributed by atoms with E-state index < -0.39 is 185 Å². The highest BCUT2D eigenvalue weighted by Gasteiger charge is 2.65. The number of likely N-dealkylation sites (tertiary alicyclic amines) is 1. The molecule has 6 amide bonds. The average molecular weight is 1510 g/mol. The summed E-state index contributed by atoms with van der Waals surface area (Å²) in [6.07, 6.45) is -8.07. The number of aliphatic carboxylic acids is 2. The number of sulfone groups is 3. The lowest BCUT2D eigenvalue weighted by Crippen LogP contribution is -2.74. The normalized spacial score (nSPS) is 22.9. The summed E-state index contributed by atoms with van der Waals surface area (Å²) in [6, 6.07) is 26.7. The van der Waals surface area contributed by atoms with Crippen molar-refractivity contribution in [2.45, 2.75) is 175 Å². The summed E-state index contributed by atoms with van der Waals surface area (Å²) >= 11 is 0. The zero-order chi connectivity index (χ0) is 75.2. The first kappa shape index (κ1) is 83.5. The molecule has 8 aliphatic rings. The highest BCUT2D eigenvalue weighted by Crippen LogP contribution is 2.48. The Morgan fingerprint density at radius 1 is 0.446 bits per heavy atom. The molecule has 0 atom stereocenters. The lowest BCUT2D eigenvalue weighted by molar-refractivity contribution is -0.176. The van der Waals surface area contributed by atoms with Gasteiger partial charge >= 0.3 is 30.1 Å². The van der Waals surface area contributed by atoms with Crippen molar-refractivity contribution in [2.75, 3.05) is 41.1 Å². The molecule has 4 aliphatic heterocycles. The highest BCUT2D eigenvalue weighted by atomic mass is 32.2. The van der Waals surface area contributed by atoms with Gasteiger partial charge in [-0.15, -0.1) is 0 Å². The molecule has 12 N–H and O–H groups in total. The van der Waals surface area contributed by atoms with Crippen LogP contribution >= 0.6 is 0 Å². The number of hydrogen-bond acceptors (Lipinski definition) is 21. The summed E-state index contributed by atoms with van der Waals surface area (Å²) in [7, 11) is -9.04. The van der Waals surface area contributed by atoms with E-state index in [9.17, 15) is 104 Å². The van der Waals surface area contributed by atoms with Crippen LogP contribution in [0.1, 0.15) is 109 Å². The number of esters is 1. The van der Waals surface area contributed by atoms with Crippen molar-refractivity contribution >= 4 is 83.2 Å². The van der Waals surface area contributed by atoms with Crippen LogP contribution in [0.5, 0.6) is 0 Å². The van der Waals surface area contributed by atoms with Crippen molar-refractivity contribution in [3.63, 3.8) is 0 Å². The number of alkyl carbamates (subject to hydrolysis) is 2. The number of carbonyl (C=O) groups is 9. The molecule has 101 heavy (non-hydrogen) atoms. The van der Waals surface area contributed by atoms with Gasteiger partial charge in [-0.05, 0) is 37.5 Å². The molecule has 28 nitrogen and oxygen atoms in total. The molecule has 4 saturated heterocycles. The van der Waals surface area contributed by atoms with Gasteiger partial charge in [-0.1, -0.05) is 98.4 Å². The number of carboxylic acid groups (broad SMARTS) is 2. The van der Waals surface area contributed by atoms with Crippen molar-refractivity contribution in [1.82, 2.24) is 26.2 Å². The number of alkyl halides is 8. The molecule has 3 aromatic carbocycles. The minimum absolute atomic E-state index is 0. The fraction of sp³-hybridized carbons (Fsp3) is 0.565. The third kappa shape index (κ3) is 24.0. The smallest absolute Gasteiger partial charge is 0.408 e. The molecule has 0 radical (unpaired) electrons. The molecule has 4 aliphatic carbocycles. The predicted molar refractivity (Wildman–Crippen MR) is 341 cm³/mol. The Morgan fingerprint density at radius 2 is 0.752 bits per heavy atom. The van der Waals surface area contributed by atoms with Gasteiger partial charge in [0.15, 0.2) is 35.1 Å². The fourth-order valence-corrected chi connectivity index (χ4v) is 17.6. The number of nitrogens with one attached hydrogen (secondary N) is 4. The second-order valence-electron chi connectivity index (χ2n) is 27.1. The highest BCUT2D eigenvalue weighted by molar-refractivity contribution is 7.93. The van der Waals surface area contributed by atoms with Gasteiger partial charge in [-0.2, -0.15) is 0 Å². The van der Waals surface area contributed by atoms with Crippen LogP contribution < -0.4 is 38.5 Å². The van der Waals surface area contributed by atoms with Crippen molar-refractivity contribution in [2.24, 2.45) is 17.2 Å². The zero-order valence-electron chi connectivity index (χ0n) is 54.0. The Morgan fingerprint density at radius 3 is 1.04 bits per heavy atom. The number of ether oxygens (including phenoxy) is 3. The molecule has 8 fully saturated rings. The molecule has 39 heteroatoms.